The van der Waals surface area contributed by atoms with Crippen LogP contribution in [0, 0.1) is 13.8 Å². The molecule has 1 aliphatic heterocycles. The zero-order chi connectivity index (χ0) is 24.6. The highest BCUT2D eigenvalue weighted by atomic mass is 16.5. The first kappa shape index (κ1) is 22.5. The number of benzene rings is 2. The van der Waals surface area contributed by atoms with Gasteiger partial charge in [0.1, 0.15) is 11.8 Å². The van der Waals surface area contributed by atoms with Crippen molar-refractivity contribution in [3.05, 3.63) is 89.3 Å². The summed E-state index contributed by atoms with van der Waals surface area (Å²) in [5.41, 5.74) is 3.94. The number of nitrogens with zero attached hydrogens (tertiary/aromatic N) is 2. The van der Waals surface area contributed by atoms with Crippen molar-refractivity contribution in [3.8, 4) is 11.1 Å². The lowest BCUT2D eigenvalue weighted by Gasteiger charge is -2.33. The van der Waals surface area contributed by atoms with E-state index in [0.717, 1.165) is 22.5 Å². The van der Waals surface area contributed by atoms with Crippen LogP contribution in [0.1, 0.15) is 28.3 Å². The Bertz CT molecular complexity index is 1360. The van der Waals surface area contributed by atoms with Gasteiger partial charge in [-0.05, 0) is 37.1 Å². The van der Waals surface area contributed by atoms with E-state index in [4.69, 9.17) is 9.26 Å². The van der Waals surface area contributed by atoms with Crippen molar-refractivity contribution in [2.45, 2.75) is 31.8 Å². The molecule has 5 rings (SSSR count). The molecule has 3 heterocycles. The second kappa shape index (κ2) is 8.84. The average molecular weight is 472 g/mol. The van der Waals surface area contributed by atoms with E-state index in [1.165, 1.54) is 7.11 Å². The second-order valence-corrected chi connectivity index (χ2v) is 8.53. The van der Waals surface area contributed by atoms with Gasteiger partial charge in [-0.25, -0.2) is 4.98 Å². The van der Waals surface area contributed by atoms with Gasteiger partial charge in [0, 0.05) is 35.1 Å². The molecule has 0 spiro atoms. The number of H-pyrrole nitrogens is 1. The molecule has 2 aromatic heterocycles. The van der Waals surface area contributed by atoms with E-state index >= 15 is 0 Å². The van der Waals surface area contributed by atoms with Crippen molar-refractivity contribution in [3.63, 3.8) is 0 Å². The maximum atomic E-state index is 13.8. The van der Waals surface area contributed by atoms with Crippen LogP contribution in [0.25, 0.3) is 11.1 Å². The number of hydrogen-bond acceptors (Lipinski definition) is 7. The molecule has 2 aromatic carbocycles. The Hall–Kier alpha value is -4.24. The van der Waals surface area contributed by atoms with Crippen LogP contribution < -0.4 is 10.6 Å². The second-order valence-electron chi connectivity index (χ2n) is 8.53. The van der Waals surface area contributed by atoms with Gasteiger partial charge in [-0.2, -0.15) is 0 Å². The Kier molecular flexibility index (Phi) is 5.70. The van der Waals surface area contributed by atoms with Gasteiger partial charge in [0.25, 0.3) is 5.91 Å². The molecule has 178 valence electrons. The molecule has 0 fully saturated rings. The summed E-state index contributed by atoms with van der Waals surface area (Å²) >= 11 is 0. The maximum absolute atomic E-state index is 13.8. The number of aromatic amines is 1. The zero-order valence-electron chi connectivity index (χ0n) is 19.6. The predicted octanol–water partition coefficient (Wildman–Crippen LogP) is 3.25. The quantitative estimate of drug-likeness (QED) is 0.354. The summed E-state index contributed by atoms with van der Waals surface area (Å²) in [6.45, 7) is 3.73. The molecular weight excluding hydrogens is 446 g/mol. The Morgan fingerprint density at radius 2 is 2.00 bits per heavy atom. The number of methoxy groups -OCH3 is 1. The Morgan fingerprint density at radius 1 is 1.20 bits per heavy atom. The first-order valence-corrected chi connectivity index (χ1v) is 11.2. The van der Waals surface area contributed by atoms with Crippen molar-refractivity contribution in [2.75, 3.05) is 12.4 Å². The summed E-state index contributed by atoms with van der Waals surface area (Å²) in [7, 11) is 1.33. The van der Waals surface area contributed by atoms with Gasteiger partial charge in [0.2, 0.25) is 0 Å². The van der Waals surface area contributed by atoms with Gasteiger partial charge >= 0.3 is 5.97 Å². The van der Waals surface area contributed by atoms with E-state index in [2.05, 4.69) is 25.8 Å². The fraction of sp³-hybridized carbons (Fsp3) is 0.231. The van der Waals surface area contributed by atoms with E-state index in [1.54, 1.807) is 12.5 Å². The highest BCUT2D eigenvalue weighted by Gasteiger charge is 2.50. The molecule has 1 unspecified atom stereocenters. The van der Waals surface area contributed by atoms with Crippen LogP contribution in [0.3, 0.4) is 0 Å². The summed E-state index contributed by atoms with van der Waals surface area (Å²) in [5, 5.41) is 10.4. The molecular formula is C26H25N5O4. The molecule has 2 atom stereocenters. The molecule has 1 amide bonds. The third-order valence-electron chi connectivity index (χ3n) is 6.40. The molecule has 0 bridgehead atoms. The summed E-state index contributed by atoms with van der Waals surface area (Å²) in [4.78, 5) is 33.7. The maximum Gasteiger partial charge on any atom is 0.323 e. The van der Waals surface area contributed by atoms with Crippen LogP contribution in [0.15, 0.2) is 65.6 Å². The fourth-order valence-electron chi connectivity index (χ4n) is 4.77. The Balaban J connectivity index is 1.68. The summed E-state index contributed by atoms with van der Waals surface area (Å²) in [5.74, 6) is -0.0872. The summed E-state index contributed by atoms with van der Waals surface area (Å²) in [6, 6.07) is 14.3. The zero-order valence-corrected chi connectivity index (χ0v) is 19.6. The van der Waals surface area contributed by atoms with Crippen molar-refractivity contribution in [2.24, 2.45) is 0 Å². The number of anilines is 1. The van der Waals surface area contributed by atoms with E-state index in [0.29, 0.717) is 22.6 Å². The Morgan fingerprint density at radius 3 is 2.66 bits per heavy atom. The normalized spacial score (nSPS) is 17.6. The fourth-order valence-corrected chi connectivity index (χ4v) is 4.77. The molecule has 9 nitrogen and oxygen atoms in total. The number of carbonyl (C=O) groups is 2. The first-order valence-electron chi connectivity index (χ1n) is 11.2. The average Bonchev–Trinajstić information content (AvgIpc) is 3.57. The lowest BCUT2D eigenvalue weighted by Crippen LogP contribution is -2.56. The van der Waals surface area contributed by atoms with Crippen molar-refractivity contribution in [1.29, 1.82) is 0 Å². The van der Waals surface area contributed by atoms with Gasteiger partial charge in [-0.15, -0.1) is 0 Å². The van der Waals surface area contributed by atoms with Crippen LogP contribution >= 0.6 is 0 Å². The highest BCUT2D eigenvalue weighted by molar-refractivity contribution is 6.09. The number of imidazole rings is 1. The predicted molar refractivity (Wildman–Crippen MR) is 128 cm³/mol. The molecule has 0 aliphatic carbocycles. The number of esters is 1. The van der Waals surface area contributed by atoms with Gasteiger partial charge in [-0.3, -0.25) is 14.9 Å². The summed E-state index contributed by atoms with van der Waals surface area (Å²) < 4.78 is 10.5. The number of carbonyl (C=O) groups excluding carboxylic acids is 2. The minimum absolute atomic E-state index is 0.257. The van der Waals surface area contributed by atoms with Crippen molar-refractivity contribution in [1.82, 2.24) is 20.4 Å². The van der Waals surface area contributed by atoms with Crippen LogP contribution in [-0.2, 0) is 26.3 Å². The van der Waals surface area contributed by atoms with Crippen LogP contribution in [0.5, 0.6) is 0 Å². The van der Waals surface area contributed by atoms with Crippen LogP contribution in [0.4, 0.5) is 5.69 Å². The van der Waals surface area contributed by atoms with E-state index in [1.807, 2.05) is 62.4 Å². The number of aromatic nitrogens is 3. The minimum atomic E-state index is -1.34. The minimum Gasteiger partial charge on any atom is -0.468 e. The number of rotatable bonds is 7. The Labute approximate surface area is 201 Å². The number of fused-ring (bicyclic) bond motifs is 1. The molecule has 0 saturated carbocycles. The molecule has 1 aliphatic rings. The van der Waals surface area contributed by atoms with Gasteiger partial charge in [-0.1, -0.05) is 41.6 Å². The van der Waals surface area contributed by atoms with E-state index in [-0.39, 0.29) is 12.3 Å². The van der Waals surface area contributed by atoms with Crippen molar-refractivity contribution >= 4 is 17.6 Å². The smallest absolute Gasteiger partial charge is 0.323 e. The number of ether oxygens (including phenoxy) is 1. The van der Waals surface area contributed by atoms with E-state index < -0.39 is 17.6 Å². The van der Waals surface area contributed by atoms with Crippen LogP contribution in [0.2, 0.25) is 0 Å². The first-order chi connectivity index (χ1) is 16.9. The van der Waals surface area contributed by atoms with E-state index in [9.17, 15) is 9.59 Å². The van der Waals surface area contributed by atoms with Gasteiger partial charge < -0.3 is 19.6 Å². The lowest BCUT2D eigenvalue weighted by molar-refractivity contribution is -0.143. The monoisotopic (exact) mass is 471 g/mol. The third-order valence-corrected chi connectivity index (χ3v) is 6.40. The molecule has 0 saturated heterocycles. The molecule has 3 N–H and O–H groups in total. The topological polar surface area (TPSA) is 122 Å². The number of hydrogen-bond donors (Lipinski definition) is 3. The van der Waals surface area contributed by atoms with Gasteiger partial charge in [0.05, 0.1) is 19.1 Å². The summed E-state index contributed by atoms with van der Waals surface area (Å²) in [6.07, 6.45) is 3.45. The largest absolute Gasteiger partial charge is 0.468 e. The third kappa shape index (κ3) is 3.79. The number of nitrogens with one attached hydrogen (secondary N) is 3. The molecule has 9 heteroatoms. The van der Waals surface area contributed by atoms with Gasteiger partial charge in [0.15, 0.2) is 5.54 Å². The standard InChI is InChI=1S/C26H25N5O4/c1-15-23(16(2)35-31-15)17-9-10-21-20(11-17)26(25(33)29-21,18-7-5-4-6-8-18)30-22(24(32)34-3)12-19-13-27-14-28-19/h4-11,13-14,22,30H,12H2,1-3H3,(H,27,28)(H,29,33)/t22-,26?/m1/s1. The molecule has 0 radical (unpaired) electrons. The molecule has 4 aromatic rings. The molecule has 35 heavy (non-hydrogen) atoms. The SMILES string of the molecule is COC(=O)[C@@H](Cc1cnc[nH]1)NC1(c2ccccc2)C(=O)Nc2ccc(-c3c(C)noc3C)cc21. The van der Waals surface area contributed by atoms with Crippen LogP contribution in [-0.4, -0.2) is 40.2 Å². The van der Waals surface area contributed by atoms with Crippen molar-refractivity contribution < 1.29 is 18.8 Å². The highest BCUT2D eigenvalue weighted by Crippen LogP contribution is 2.44. The number of amides is 1. The lowest BCUT2D eigenvalue weighted by atomic mass is 9.81. The number of aryl methyl sites for hydroxylation is 2.